The van der Waals surface area contributed by atoms with Crippen LogP contribution in [0, 0.1) is 0 Å². The predicted octanol–water partition coefficient (Wildman–Crippen LogP) is 1.43. The second-order valence-electron chi connectivity index (χ2n) is 4.14. The number of ether oxygens (including phenoxy) is 1. The van der Waals surface area contributed by atoms with Gasteiger partial charge >= 0.3 is 0 Å². The zero-order valence-corrected chi connectivity index (χ0v) is 11.4. The number of benzene rings is 1. The Balaban J connectivity index is 1.83. The third-order valence-corrected chi connectivity index (χ3v) is 3.12. The Morgan fingerprint density at radius 3 is 2.63 bits per heavy atom. The molecule has 19 heavy (non-hydrogen) atoms. The number of nitrogens with one attached hydrogen (secondary N) is 1. The van der Waals surface area contributed by atoms with Crippen LogP contribution >= 0.6 is 12.2 Å². The van der Waals surface area contributed by atoms with Gasteiger partial charge in [-0.3, -0.25) is 10.1 Å². The van der Waals surface area contributed by atoms with Gasteiger partial charge in [0.15, 0.2) is 5.11 Å². The maximum Gasteiger partial charge on any atom is 0.250 e. The van der Waals surface area contributed by atoms with Gasteiger partial charge < -0.3 is 9.64 Å². The first-order valence-corrected chi connectivity index (χ1v) is 6.57. The monoisotopic (exact) mass is 276 g/mol. The molecule has 1 N–H and O–H groups in total. The molecule has 0 spiro atoms. The van der Waals surface area contributed by atoms with E-state index in [0.717, 1.165) is 18.7 Å². The van der Waals surface area contributed by atoms with Crippen molar-refractivity contribution in [1.29, 1.82) is 0 Å². The van der Waals surface area contributed by atoms with Gasteiger partial charge in [-0.15, -0.1) is 0 Å². The lowest BCUT2D eigenvalue weighted by Gasteiger charge is -2.28. The van der Waals surface area contributed by atoms with Crippen molar-refractivity contribution in [3.63, 3.8) is 0 Å². The van der Waals surface area contributed by atoms with Gasteiger partial charge in [0.2, 0.25) is 5.91 Å². The number of nitrogens with zero attached hydrogens (tertiary/aromatic N) is 1. The highest BCUT2D eigenvalue weighted by Gasteiger charge is 2.14. The third kappa shape index (κ3) is 4.46. The lowest BCUT2D eigenvalue weighted by Crippen LogP contribution is -2.47. The molecule has 2 rings (SSSR count). The molecule has 0 bridgehead atoms. The van der Waals surface area contributed by atoms with E-state index in [1.807, 2.05) is 35.2 Å². The summed E-state index contributed by atoms with van der Waals surface area (Å²) in [5, 5.41) is 3.16. The van der Waals surface area contributed by atoms with Crippen LogP contribution in [0.5, 0.6) is 0 Å². The standard InChI is InChI=1S/C14H16N2O2S/c17-13(7-6-12-4-2-1-3-5-12)15-14(19)16-8-10-18-11-9-16/h1-7H,8-11H2,(H,15,17,19)/b7-6+. The number of carbonyl (C=O) groups is 1. The van der Waals surface area contributed by atoms with Crippen LogP contribution in [-0.4, -0.2) is 42.2 Å². The first kappa shape index (κ1) is 13.7. The molecule has 1 aliphatic rings. The molecule has 100 valence electrons. The molecule has 0 aliphatic carbocycles. The summed E-state index contributed by atoms with van der Waals surface area (Å²) in [6, 6.07) is 9.66. The summed E-state index contributed by atoms with van der Waals surface area (Å²) in [6.45, 7) is 2.74. The summed E-state index contributed by atoms with van der Waals surface area (Å²) < 4.78 is 5.23. The number of hydrogen-bond donors (Lipinski definition) is 1. The Morgan fingerprint density at radius 1 is 1.26 bits per heavy atom. The Kier molecular flexibility index (Phi) is 5.06. The van der Waals surface area contributed by atoms with Crippen LogP contribution in [0.2, 0.25) is 0 Å². The number of rotatable bonds is 2. The molecular weight excluding hydrogens is 260 g/mol. The van der Waals surface area contributed by atoms with Crippen LogP contribution in [0.3, 0.4) is 0 Å². The number of amides is 1. The van der Waals surface area contributed by atoms with Crippen LogP contribution in [0.4, 0.5) is 0 Å². The van der Waals surface area contributed by atoms with Crippen LogP contribution in [-0.2, 0) is 9.53 Å². The van der Waals surface area contributed by atoms with Gasteiger partial charge in [-0.25, -0.2) is 0 Å². The summed E-state index contributed by atoms with van der Waals surface area (Å²) >= 11 is 5.19. The van der Waals surface area contributed by atoms with Crippen molar-refractivity contribution in [2.45, 2.75) is 0 Å². The quantitative estimate of drug-likeness (QED) is 0.655. The van der Waals surface area contributed by atoms with Crippen LogP contribution < -0.4 is 5.32 Å². The van der Waals surface area contributed by atoms with E-state index in [0.29, 0.717) is 18.3 Å². The minimum Gasteiger partial charge on any atom is -0.378 e. The topological polar surface area (TPSA) is 41.6 Å². The van der Waals surface area contributed by atoms with Gasteiger partial charge in [-0.05, 0) is 23.9 Å². The Bertz CT molecular complexity index is 468. The van der Waals surface area contributed by atoms with Gasteiger partial charge in [0.1, 0.15) is 0 Å². The van der Waals surface area contributed by atoms with Crippen LogP contribution in [0.25, 0.3) is 6.08 Å². The molecule has 1 saturated heterocycles. The molecule has 5 heteroatoms. The number of morpholine rings is 1. The predicted molar refractivity (Wildman–Crippen MR) is 78.6 cm³/mol. The second-order valence-corrected chi connectivity index (χ2v) is 4.52. The third-order valence-electron chi connectivity index (χ3n) is 2.76. The molecule has 4 nitrogen and oxygen atoms in total. The van der Waals surface area contributed by atoms with E-state index >= 15 is 0 Å². The molecule has 1 heterocycles. The Hall–Kier alpha value is -1.72. The molecule has 1 fully saturated rings. The van der Waals surface area contributed by atoms with Crippen molar-refractivity contribution >= 4 is 29.3 Å². The molecule has 1 aromatic rings. The number of thiocarbonyl (C=S) groups is 1. The van der Waals surface area contributed by atoms with Crippen molar-refractivity contribution in [2.75, 3.05) is 26.3 Å². The van der Waals surface area contributed by atoms with Gasteiger partial charge in [0.25, 0.3) is 0 Å². The number of carbonyl (C=O) groups excluding carboxylic acids is 1. The number of hydrogen-bond acceptors (Lipinski definition) is 3. The largest absolute Gasteiger partial charge is 0.378 e. The SMILES string of the molecule is O=C(/C=C/c1ccccc1)NC(=S)N1CCOCC1. The van der Waals surface area contributed by atoms with E-state index in [4.69, 9.17) is 17.0 Å². The highest BCUT2D eigenvalue weighted by Crippen LogP contribution is 2.01. The van der Waals surface area contributed by atoms with Gasteiger partial charge in [-0.1, -0.05) is 30.3 Å². The molecular formula is C14H16N2O2S. The molecule has 0 aromatic heterocycles. The molecule has 1 aromatic carbocycles. The lowest BCUT2D eigenvalue weighted by atomic mass is 10.2. The van der Waals surface area contributed by atoms with Gasteiger partial charge in [0, 0.05) is 19.2 Å². The van der Waals surface area contributed by atoms with Gasteiger partial charge in [-0.2, -0.15) is 0 Å². The van der Waals surface area contributed by atoms with E-state index in [2.05, 4.69) is 5.32 Å². The van der Waals surface area contributed by atoms with E-state index in [-0.39, 0.29) is 5.91 Å². The molecule has 0 atom stereocenters. The van der Waals surface area contributed by atoms with E-state index < -0.39 is 0 Å². The van der Waals surface area contributed by atoms with Crippen molar-refractivity contribution in [3.05, 3.63) is 42.0 Å². The second kappa shape index (κ2) is 7.01. The highest BCUT2D eigenvalue weighted by atomic mass is 32.1. The van der Waals surface area contributed by atoms with Crippen molar-refractivity contribution in [3.8, 4) is 0 Å². The van der Waals surface area contributed by atoms with Crippen molar-refractivity contribution in [1.82, 2.24) is 10.2 Å². The normalized spacial score (nSPS) is 15.5. The summed E-state index contributed by atoms with van der Waals surface area (Å²) in [5.41, 5.74) is 0.981. The summed E-state index contributed by atoms with van der Waals surface area (Å²) in [6.07, 6.45) is 3.25. The average Bonchev–Trinajstić information content (AvgIpc) is 2.47. The highest BCUT2D eigenvalue weighted by molar-refractivity contribution is 7.80. The summed E-state index contributed by atoms with van der Waals surface area (Å²) in [7, 11) is 0. The van der Waals surface area contributed by atoms with E-state index in [9.17, 15) is 4.79 Å². The van der Waals surface area contributed by atoms with E-state index in [1.54, 1.807) is 6.08 Å². The van der Waals surface area contributed by atoms with Gasteiger partial charge in [0.05, 0.1) is 13.2 Å². The molecule has 0 saturated carbocycles. The minimum absolute atomic E-state index is 0.208. The van der Waals surface area contributed by atoms with Crippen LogP contribution in [0.1, 0.15) is 5.56 Å². The first-order chi connectivity index (χ1) is 9.25. The first-order valence-electron chi connectivity index (χ1n) is 6.16. The van der Waals surface area contributed by atoms with E-state index in [1.165, 1.54) is 6.08 Å². The fourth-order valence-corrected chi connectivity index (χ4v) is 2.01. The lowest BCUT2D eigenvalue weighted by molar-refractivity contribution is -0.115. The summed E-state index contributed by atoms with van der Waals surface area (Å²) in [4.78, 5) is 13.7. The van der Waals surface area contributed by atoms with Crippen LogP contribution in [0.15, 0.2) is 36.4 Å². The molecule has 0 unspecified atom stereocenters. The maximum absolute atomic E-state index is 11.7. The smallest absolute Gasteiger partial charge is 0.250 e. The minimum atomic E-state index is -0.208. The molecule has 1 amide bonds. The molecule has 1 aliphatic heterocycles. The molecule has 0 radical (unpaired) electrons. The average molecular weight is 276 g/mol. The van der Waals surface area contributed by atoms with Crippen molar-refractivity contribution < 1.29 is 9.53 Å². The fourth-order valence-electron chi connectivity index (χ4n) is 1.73. The zero-order chi connectivity index (χ0) is 13.5. The fraction of sp³-hybridized carbons (Fsp3) is 0.286. The van der Waals surface area contributed by atoms with Crippen molar-refractivity contribution in [2.24, 2.45) is 0 Å². The maximum atomic E-state index is 11.7. The zero-order valence-electron chi connectivity index (χ0n) is 10.5. The summed E-state index contributed by atoms with van der Waals surface area (Å²) in [5.74, 6) is -0.208. The Morgan fingerprint density at radius 2 is 1.95 bits per heavy atom. The Labute approximate surface area is 118 Å².